The van der Waals surface area contributed by atoms with Crippen LogP contribution in [-0.4, -0.2) is 75.7 Å². The highest BCUT2D eigenvalue weighted by atomic mass is 32.2. The number of esters is 3. The Balaban J connectivity index is 1.28. The summed E-state index contributed by atoms with van der Waals surface area (Å²) in [6.07, 6.45) is 2.39. The number of rotatable bonds is 10. The van der Waals surface area contributed by atoms with Crippen molar-refractivity contribution in [3.63, 3.8) is 0 Å². The van der Waals surface area contributed by atoms with Crippen molar-refractivity contribution in [2.75, 3.05) is 19.3 Å². The van der Waals surface area contributed by atoms with E-state index < -0.39 is 53.0 Å². The number of thioether (sulfide) groups is 1. The highest BCUT2D eigenvalue weighted by Gasteiger charge is 2.55. The predicted octanol–water partition coefficient (Wildman–Crippen LogP) is 5.95. The Morgan fingerprint density at radius 3 is 1.94 bits per heavy atom. The first-order valence-electron chi connectivity index (χ1n) is 17.6. The Morgan fingerprint density at radius 2 is 1.44 bits per heavy atom. The van der Waals surface area contributed by atoms with Crippen LogP contribution in [-0.2, 0) is 41.7 Å². The lowest BCUT2D eigenvalue weighted by atomic mass is 10.0. The second-order valence-electron chi connectivity index (χ2n) is 14.8. The summed E-state index contributed by atoms with van der Waals surface area (Å²) >= 11 is 1.44. The van der Waals surface area contributed by atoms with Gasteiger partial charge in [0.2, 0.25) is 0 Å². The summed E-state index contributed by atoms with van der Waals surface area (Å²) in [5, 5.41) is 2.15. The van der Waals surface area contributed by atoms with E-state index in [9.17, 15) is 24.0 Å². The second kappa shape index (κ2) is 15.5. The van der Waals surface area contributed by atoms with E-state index in [1.807, 2.05) is 72.8 Å². The lowest BCUT2D eigenvalue weighted by molar-refractivity contribution is -0.923. The van der Waals surface area contributed by atoms with Gasteiger partial charge in [-0.05, 0) is 55.7 Å². The Kier molecular flexibility index (Phi) is 11.0. The minimum Gasteiger partial charge on any atom is -0.448 e. The summed E-state index contributed by atoms with van der Waals surface area (Å²) in [5.74, 6) is -1.40. The van der Waals surface area contributed by atoms with Crippen LogP contribution in [0.25, 0.3) is 0 Å². The third-order valence-corrected chi connectivity index (χ3v) is 10.3. The first kappa shape index (κ1) is 38.3. The van der Waals surface area contributed by atoms with Gasteiger partial charge in [0.05, 0.1) is 13.6 Å². The fourth-order valence-corrected chi connectivity index (χ4v) is 8.12. The number of ether oxygens (including phenoxy) is 4. The number of fused-ring (bicyclic) bond motifs is 2. The monoisotopic (exact) mass is 754 g/mol. The van der Waals surface area contributed by atoms with Gasteiger partial charge >= 0.3 is 24.0 Å². The molecule has 6 rings (SSSR count). The number of carbonyl (C=O) groups is 5. The summed E-state index contributed by atoms with van der Waals surface area (Å²) in [4.78, 5) is 65.7. The summed E-state index contributed by atoms with van der Waals surface area (Å²) in [5.41, 5.74) is 3.45. The topological polar surface area (TPSA) is 138 Å². The van der Waals surface area contributed by atoms with Crippen molar-refractivity contribution in [3.8, 4) is 11.5 Å². The molecule has 1 N–H and O–H groups in total. The number of likely N-dealkylation sites (N-methyl/N-ethyl adjacent to an activating group) is 1. The van der Waals surface area contributed by atoms with Gasteiger partial charge in [0.1, 0.15) is 35.8 Å². The van der Waals surface area contributed by atoms with E-state index in [0.717, 1.165) is 22.3 Å². The summed E-state index contributed by atoms with van der Waals surface area (Å²) in [6, 6.07) is 21.4. The molecule has 2 atom stereocenters. The molecule has 0 aliphatic carbocycles. The molecule has 282 valence electrons. The standard InChI is InChI=1S/C41H43N3O9S/c1-25(45)50-32-20-30-22-44(6,23-31(30)21-33(32)51-26(2)46)19-13-18-29-24-54-38-34(42-40(49)53-41(3,4)5)37(47)43(38)35(29)39(48)52-36(27-14-9-7-10-15-27)28-16-11-8-12-17-28/h7-18,20-21,34,36,38H,19,22-24H2,1-6H3/p+1/b18-13+/t34?,38-/m1/s1. The molecule has 2 amide bonds. The van der Waals surface area contributed by atoms with Gasteiger partial charge in [-0.15, -0.1) is 11.8 Å². The van der Waals surface area contributed by atoms with Gasteiger partial charge in [0.25, 0.3) is 5.91 Å². The number of amides is 2. The van der Waals surface area contributed by atoms with Crippen LogP contribution >= 0.6 is 11.8 Å². The van der Waals surface area contributed by atoms with Crippen molar-refractivity contribution >= 4 is 41.7 Å². The van der Waals surface area contributed by atoms with E-state index in [1.54, 1.807) is 32.9 Å². The van der Waals surface area contributed by atoms with Crippen molar-refractivity contribution < 1.29 is 47.4 Å². The number of allylic oxidation sites excluding steroid dienone is 1. The molecule has 3 aliphatic rings. The van der Waals surface area contributed by atoms with Gasteiger partial charge in [0.15, 0.2) is 17.6 Å². The van der Waals surface area contributed by atoms with Crippen molar-refractivity contribution in [1.82, 2.24) is 10.2 Å². The second-order valence-corrected chi connectivity index (χ2v) is 15.9. The Morgan fingerprint density at radius 1 is 0.907 bits per heavy atom. The van der Waals surface area contributed by atoms with Crippen LogP contribution in [0.4, 0.5) is 4.79 Å². The van der Waals surface area contributed by atoms with Crippen LogP contribution in [0.1, 0.15) is 63.0 Å². The number of quaternary nitrogens is 1. The molecule has 3 aromatic carbocycles. The van der Waals surface area contributed by atoms with E-state index in [-0.39, 0.29) is 17.2 Å². The van der Waals surface area contributed by atoms with Crippen molar-refractivity contribution in [3.05, 3.63) is 118 Å². The first-order valence-corrected chi connectivity index (χ1v) is 18.7. The number of hydrogen-bond acceptors (Lipinski definition) is 10. The molecule has 3 aliphatic heterocycles. The largest absolute Gasteiger partial charge is 0.448 e. The van der Waals surface area contributed by atoms with E-state index in [2.05, 4.69) is 12.4 Å². The fraction of sp³-hybridized carbons (Fsp3) is 0.341. The van der Waals surface area contributed by atoms with Crippen LogP contribution in [0.15, 0.2) is 96.2 Å². The van der Waals surface area contributed by atoms with Crippen LogP contribution in [0, 0.1) is 0 Å². The summed E-state index contributed by atoms with van der Waals surface area (Å²) in [6.45, 7) is 9.57. The van der Waals surface area contributed by atoms with Crippen molar-refractivity contribution in [2.24, 2.45) is 0 Å². The molecule has 0 saturated carbocycles. The molecule has 54 heavy (non-hydrogen) atoms. The molecule has 1 saturated heterocycles. The SMILES string of the molecule is CC(=O)Oc1cc2c(cc1OC(C)=O)C[N+](C)(C/C=C/C1=C(C(=O)OC(c3ccccc3)c3ccccc3)N3C(=O)C(NC(=O)OC(C)(C)C)[C@H]3SC1)C2. The molecular weight excluding hydrogens is 711 g/mol. The van der Waals surface area contributed by atoms with Gasteiger partial charge in [0, 0.05) is 30.7 Å². The molecule has 3 heterocycles. The number of benzene rings is 3. The molecule has 0 spiro atoms. The minimum atomic E-state index is -0.876. The zero-order valence-electron chi connectivity index (χ0n) is 31.1. The molecule has 13 heteroatoms. The number of nitrogens with zero attached hydrogens (tertiary/aromatic N) is 2. The minimum absolute atomic E-state index is 0.128. The molecular formula is C41H44N3O9S+. The number of hydrogen-bond donors (Lipinski definition) is 1. The summed E-state index contributed by atoms with van der Waals surface area (Å²) in [7, 11) is 2.08. The fourth-order valence-electron chi connectivity index (χ4n) is 6.81. The van der Waals surface area contributed by atoms with Gasteiger partial charge < -0.3 is 28.7 Å². The number of alkyl carbamates (subject to hydrolysis) is 1. The highest BCUT2D eigenvalue weighted by Crippen LogP contribution is 2.43. The summed E-state index contributed by atoms with van der Waals surface area (Å²) < 4.78 is 22.9. The van der Waals surface area contributed by atoms with Gasteiger partial charge in [-0.2, -0.15) is 0 Å². The van der Waals surface area contributed by atoms with Crippen molar-refractivity contribution in [1.29, 1.82) is 0 Å². The average molecular weight is 755 g/mol. The molecule has 0 bridgehead atoms. The molecule has 0 aromatic heterocycles. The molecule has 0 radical (unpaired) electrons. The number of β-lactam (4-membered cyclic amide) rings is 1. The first-order chi connectivity index (χ1) is 25.6. The van der Waals surface area contributed by atoms with E-state index in [4.69, 9.17) is 18.9 Å². The molecule has 1 unspecified atom stereocenters. The molecule has 12 nitrogen and oxygen atoms in total. The third-order valence-electron chi connectivity index (χ3n) is 9.04. The lowest BCUT2D eigenvalue weighted by Crippen LogP contribution is -2.70. The van der Waals surface area contributed by atoms with Gasteiger partial charge in [-0.1, -0.05) is 66.7 Å². The zero-order chi connectivity index (χ0) is 38.8. The molecule has 3 aromatic rings. The quantitative estimate of drug-likeness (QED) is 0.115. The van der Waals surface area contributed by atoms with Crippen LogP contribution in [0.3, 0.4) is 0 Å². The van der Waals surface area contributed by atoms with Crippen LogP contribution < -0.4 is 14.8 Å². The number of carbonyl (C=O) groups excluding carboxylic acids is 5. The van der Waals surface area contributed by atoms with Crippen LogP contribution in [0.5, 0.6) is 11.5 Å². The lowest BCUT2D eigenvalue weighted by Gasteiger charge is -2.49. The third kappa shape index (κ3) is 8.69. The van der Waals surface area contributed by atoms with E-state index >= 15 is 0 Å². The normalized spacial score (nSPS) is 18.8. The maximum absolute atomic E-state index is 14.4. The Bertz CT molecular complexity index is 1940. The molecule has 1 fully saturated rings. The highest BCUT2D eigenvalue weighted by molar-refractivity contribution is 8.00. The van der Waals surface area contributed by atoms with Gasteiger partial charge in [-0.25, -0.2) is 9.59 Å². The predicted molar refractivity (Wildman–Crippen MR) is 201 cm³/mol. The van der Waals surface area contributed by atoms with E-state index in [1.165, 1.54) is 30.5 Å². The average Bonchev–Trinajstić information content (AvgIpc) is 3.43. The van der Waals surface area contributed by atoms with E-state index in [0.29, 0.717) is 35.4 Å². The zero-order valence-corrected chi connectivity index (χ0v) is 31.9. The maximum atomic E-state index is 14.4. The smallest absolute Gasteiger partial charge is 0.408 e. The Hall–Kier alpha value is -5.40. The van der Waals surface area contributed by atoms with Crippen molar-refractivity contribution in [2.45, 2.75) is 70.8 Å². The van der Waals surface area contributed by atoms with Gasteiger partial charge in [-0.3, -0.25) is 19.3 Å². The van der Waals surface area contributed by atoms with Crippen LogP contribution in [0.2, 0.25) is 0 Å². The maximum Gasteiger partial charge on any atom is 0.408 e. The number of nitrogens with one attached hydrogen (secondary N) is 1. The Labute approximate surface area is 318 Å².